The van der Waals surface area contributed by atoms with Crippen LogP contribution >= 0.6 is 0 Å². The monoisotopic (exact) mass is 194 g/mol. The van der Waals surface area contributed by atoms with E-state index in [1.807, 2.05) is 0 Å². The summed E-state index contributed by atoms with van der Waals surface area (Å²) in [7, 11) is -3.83. The zero-order valence-corrected chi connectivity index (χ0v) is 5.87. The molecular formula is H2O3S2Se. The first-order valence-corrected chi connectivity index (χ1v) is 3.10. The van der Waals surface area contributed by atoms with Crippen molar-refractivity contribution < 1.29 is 13.3 Å². The maximum atomic E-state index is 9.11. The van der Waals surface area contributed by atoms with Crippen molar-refractivity contribution in [3.8, 4) is 0 Å². The van der Waals surface area contributed by atoms with Crippen LogP contribution in [0.4, 0.5) is 0 Å². The summed E-state index contributed by atoms with van der Waals surface area (Å²) in [4.78, 5) is 0. The van der Waals surface area contributed by atoms with E-state index in [-0.39, 0.29) is 17.1 Å². The van der Waals surface area contributed by atoms with Crippen LogP contribution in [0.3, 0.4) is 0 Å². The van der Waals surface area contributed by atoms with Gasteiger partial charge in [0, 0.05) is 28.3 Å². The summed E-state index contributed by atoms with van der Waals surface area (Å²) in [6, 6.07) is 0. The third kappa shape index (κ3) is 107. The van der Waals surface area contributed by atoms with E-state index in [0.29, 0.717) is 0 Å². The fourth-order valence-corrected chi connectivity index (χ4v) is 0. The van der Waals surface area contributed by atoms with E-state index < -0.39 is 9.05 Å². The van der Waals surface area contributed by atoms with E-state index in [9.17, 15) is 0 Å². The van der Waals surface area contributed by atoms with Gasteiger partial charge in [0.1, 0.15) is 0 Å². The van der Waals surface area contributed by atoms with Crippen LogP contribution in [0.25, 0.3) is 0 Å². The van der Waals surface area contributed by atoms with E-state index in [4.69, 9.17) is 13.3 Å². The maximum Gasteiger partial charge on any atom is 0.263 e. The van der Waals surface area contributed by atoms with Crippen molar-refractivity contribution in [2.75, 3.05) is 0 Å². The van der Waals surface area contributed by atoms with Gasteiger partial charge < -0.3 is 0 Å². The molecule has 6 heteroatoms. The van der Waals surface area contributed by atoms with Gasteiger partial charge in [0.25, 0.3) is 9.05 Å². The molecule has 0 atom stereocenters. The Kier molecular flexibility index (Phi) is 4.80. The minimum Gasteiger partial charge on any atom is -0.285 e. The Morgan fingerprint density at radius 2 is 1.50 bits per heavy atom. The van der Waals surface area contributed by atoms with Crippen molar-refractivity contribution in [2.24, 2.45) is 0 Å². The van der Waals surface area contributed by atoms with Gasteiger partial charge >= 0.3 is 0 Å². The second kappa shape index (κ2) is 2.90. The molecule has 0 aromatic carbocycles. The minimum absolute atomic E-state index is 0. The maximum absolute atomic E-state index is 9.11. The van der Waals surface area contributed by atoms with Gasteiger partial charge in [0.15, 0.2) is 0 Å². The van der Waals surface area contributed by atoms with Gasteiger partial charge in [-0.25, -0.2) is 0 Å². The van der Waals surface area contributed by atoms with Crippen LogP contribution in [0.5, 0.6) is 0 Å². The fraction of sp³-hybridized carbons (Fsp3) is 0. The van der Waals surface area contributed by atoms with Crippen molar-refractivity contribution in [2.45, 2.75) is 0 Å². The normalized spacial score (nSPS) is 9.67. The molecule has 2 radical (unpaired) electrons. The van der Waals surface area contributed by atoms with Crippen LogP contribution in [0.15, 0.2) is 0 Å². The zero-order chi connectivity index (χ0) is 4.50. The van der Waals surface area contributed by atoms with Gasteiger partial charge in [-0.1, -0.05) is 0 Å². The molecule has 3 nitrogen and oxygen atoms in total. The number of hydrogen-bond acceptors (Lipinski definition) is 2. The third-order valence-electron chi connectivity index (χ3n) is 0. The smallest absolute Gasteiger partial charge is 0.263 e. The Bertz CT molecular complexity index is 92.0. The van der Waals surface area contributed by atoms with Crippen LogP contribution in [0.2, 0.25) is 0 Å². The summed E-state index contributed by atoms with van der Waals surface area (Å²) >= 11 is 3.47. The van der Waals surface area contributed by atoms with Crippen LogP contribution in [-0.4, -0.2) is 30.4 Å². The Hall–Kier alpha value is 0.809. The van der Waals surface area contributed by atoms with Gasteiger partial charge in [0.2, 0.25) is 0 Å². The standard InChI is InChI=1S/H2O3S2.Se/c1-5(2,3)4;/h(H2,1,2,3,4);. The van der Waals surface area contributed by atoms with Crippen molar-refractivity contribution in [1.29, 1.82) is 0 Å². The topological polar surface area (TPSA) is 57.5 Å². The van der Waals surface area contributed by atoms with Gasteiger partial charge in [0.05, 0.1) is 0 Å². The van der Waals surface area contributed by atoms with E-state index >= 15 is 0 Å². The summed E-state index contributed by atoms with van der Waals surface area (Å²) in [5, 5.41) is 0. The van der Waals surface area contributed by atoms with E-state index in [0.717, 1.165) is 0 Å². The molecule has 6 heavy (non-hydrogen) atoms. The molecule has 0 aromatic heterocycles. The number of rotatable bonds is 0. The van der Waals surface area contributed by atoms with Crippen LogP contribution in [-0.2, 0) is 20.2 Å². The van der Waals surface area contributed by atoms with E-state index in [1.165, 1.54) is 0 Å². The van der Waals surface area contributed by atoms with Gasteiger partial charge in [-0.3, -0.25) is 9.11 Å². The first-order valence-electron chi connectivity index (χ1n) is 0.698. The molecule has 0 unspecified atom stereocenters. The average Bonchev–Trinajstić information content (AvgIpc) is 0.722. The van der Waals surface area contributed by atoms with Crippen molar-refractivity contribution in [1.82, 2.24) is 0 Å². The zero-order valence-electron chi connectivity index (χ0n) is 2.53. The predicted octanol–water partition coefficient (Wildman–Crippen LogP) is -0.702. The van der Waals surface area contributed by atoms with Crippen LogP contribution in [0.1, 0.15) is 0 Å². The van der Waals surface area contributed by atoms with Crippen molar-refractivity contribution >= 4 is 37.3 Å². The molecular weight excluding hydrogens is 191 g/mol. The molecule has 0 bridgehead atoms. The Morgan fingerprint density at radius 3 is 1.50 bits per heavy atom. The first kappa shape index (κ1) is 9.94. The quantitative estimate of drug-likeness (QED) is 0.499. The predicted molar refractivity (Wildman–Crippen MR) is 26.5 cm³/mol. The van der Waals surface area contributed by atoms with Gasteiger partial charge in [-0.2, -0.15) is 4.21 Å². The molecule has 0 saturated heterocycles. The Morgan fingerprint density at radius 1 is 1.50 bits per heavy atom. The fourth-order valence-electron chi connectivity index (χ4n) is 0. The summed E-state index contributed by atoms with van der Waals surface area (Å²) in [5.74, 6) is 0. The van der Waals surface area contributed by atoms with Crippen molar-refractivity contribution in [3.63, 3.8) is 0 Å². The second-order valence-electron chi connectivity index (χ2n) is 0.448. The Labute approximate surface area is 50.9 Å². The summed E-state index contributed by atoms with van der Waals surface area (Å²) < 4.78 is 24.0. The molecule has 0 spiro atoms. The average molecular weight is 193 g/mol. The second-order valence-corrected chi connectivity index (χ2v) is 2.65. The minimum atomic E-state index is -3.83. The van der Waals surface area contributed by atoms with E-state index in [2.05, 4.69) is 11.2 Å². The molecule has 0 amide bonds. The molecule has 2 N–H and O–H groups in total. The molecule has 0 rings (SSSR count). The molecule has 38 valence electrons. The molecule has 0 saturated carbocycles. The molecule has 0 aliphatic rings. The van der Waals surface area contributed by atoms with Crippen LogP contribution in [0, 0.1) is 0 Å². The van der Waals surface area contributed by atoms with Crippen LogP contribution < -0.4 is 0 Å². The molecule has 0 heterocycles. The Balaban J connectivity index is 0. The summed E-state index contributed by atoms with van der Waals surface area (Å²) in [6.45, 7) is 0. The van der Waals surface area contributed by atoms with Gasteiger partial charge in [-0.15, -0.1) is 0 Å². The molecule has 0 aliphatic carbocycles. The third-order valence-corrected chi connectivity index (χ3v) is 0. The largest absolute Gasteiger partial charge is 0.285 e. The SMILES string of the molecule is O=S(O)(O)=S.[Se]. The van der Waals surface area contributed by atoms with Gasteiger partial charge in [-0.05, 0) is 0 Å². The summed E-state index contributed by atoms with van der Waals surface area (Å²) in [6.07, 6.45) is 0. The van der Waals surface area contributed by atoms with E-state index in [1.54, 1.807) is 0 Å². The van der Waals surface area contributed by atoms with Crippen molar-refractivity contribution in [3.05, 3.63) is 0 Å². The summed E-state index contributed by atoms with van der Waals surface area (Å²) in [5.41, 5.74) is 0. The number of hydrogen-bond donors (Lipinski definition) is 2. The molecule has 0 aliphatic heterocycles. The molecule has 0 aromatic rings. The molecule has 0 fully saturated rings. The first-order chi connectivity index (χ1) is 2.00.